The standard InChI is InChI=1S/C43H80O8/c1-4-6-8-10-12-14-16-18-20-22-24-26-28-30-32-34-38(44)49-36-37-40(46)41(47)42(43(48-3)50-37)51-39(45)35-33-31-29-27-25-23-21-19-17-15-13-11-9-7-5-2/h18,20,37,40-43,46-47H,4-17,19,21-36H2,1-3H3/b20-18-/t37-,40-,41+,42-,43?/m1/s1. The lowest BCUT2D eigenvalue weighted by atomic mass is 9.99. The fourth-order valence-corrected chi connectivity index (χ4v) is 6.80. The van der Waals surface area contributed by atoms with Crippen LogP contribution in [0.15, 0.2) is 12.2 Å². The highest BCUT2D eigenvalue weighted by Gasteiger charge is 2.47. The second-order valence-corrected chi connectivity index (χ2v) is 14.9. The van der Waals surface area contributed by atoms with E-state index in [1.165, 1.54) is 136 Å². The van der Waals surface area contributed by atoms with Crippen molar-refractivity contribution in [3.8, 4) is 0 Å². The number of hydrogen-bond acceptors (Lipinski definition) is 8. The molecular formula is C43H80O8. The molecule has 0 aromatic carbocycles. The molecule has 0 aromatic heterocycles. The minimum Gasteiger partial charge on any atom is -0.463 e. The fraction of sp³-hybridized carbons (Fsp3) is 0.907. The number of unbranched alkanes of at least 4 members (excludes halogenated alkanes) is 25. The van der Waals surface area contributed by atoms with E-state index in [4.69, 9.17) is 18.9 Å². The molecule has 1 saturated heterocycles. The van der Waals surface area contributed by atoms with E-state index < -0.39 is 36.7 Å². The van der Waals surface area contributed by atoms with Crippen LogP contribution in [0.3, 0.4) is 0 Å². The second-order valence-electron chi connectivity index (χ2n) is 14.9. The molecule has 51 heavy (non-hydrogen) atoms. The van der Waals surface area contributed by atoms with Crippen LogP contribution in [-0.4, -0.2) is 66.6 Å². The third-order valence-electron chi connectivity index (χ3n) is 10.2. The molecule has 1 heterocycles. The molecule has 1 fully saturated rings. The predicted octanol–water partition coefficient (Wildman–Crippen LogP) is 10.8. The predicted molar refractivity (Wildman–Crippen MR) is 208 cm³/mol. The van der Waals surface area contributed by atoms with Crippen molar-refractivity contribution in [3.63, 3.8) is 0 Å². The SMILES string of the molecule is CCCCCCCC/C=C\CCCCCCCC(=O)OC[C@H]1OC(OC)[C@H](OC(=O)CCCCCCCCCCCCCCCCC)[C@@H](O)[C@@H]1O. The molecule has 0 saturated carbocycles. The zero-order valence-electron chi connectivity index (χ0n) is 33.3. The molecule has 0 aromatic rings. The van der Waals surface area contributed by atoms with Gasteiger partial charge in [-0.3, -0.25) is 9.59 Å². The first-order valence-electron chi connectivity index (χ1n) is 21.5. The van der Waals surface area contributed by atoms with Gasteiger partial charge in [0.1, 0.15) is 24.9 Å². The average Bonchev–Trinajstić information content (AvgIpc) is 3.13. The first kappa shape index (κ1) is 47.5. The Bertz CT molecular complexity index is 831. The topological polar surface area (TPSA) is 112 Å². The van der Waals surface area contributed by atoms with Gasteiger partial charge in [0.2, 0.25) is 0 Å². The normalized spacial score (nSPS) is 20.6. The summed E-state index contributed by atoms with van der Waals surface area (Å²) in [6, 6.07) is 0. The summed E-state index contributed by atoms with van der Waals surface area (Å²) < 4.78 is 21.9. The van der Waals surface area contributed by atoms with Crippen LogP contribution >= 0.6 is 0 Å². The lowest BCUT2D eigenvalue weighted by molar-refractivity contribution is -0.298. The van der Waals surface area contributed by atoms with Gasteiger partial charge in [0.05, 0.1) is 0 Å². The lowest BCUT2D eigenvalue weighted by Gasteiger charge is -2.41. The molecule has 0 aliphatic carbocycles. The molecule has 5 atom stereocenters. The van der Waals surface area contributed by atoms with Crippen molar-refractivity contribution in [2.45, 2.75) is 237 Å². The zero-order valence-corrected chi connectivity index (χ0v) is 33.3. The van der Waals surface area contributed by atoms with Crippen LogP contribution in [0.2, 0.25) is 0 Å². The number of ether oxygens (including phenoxy) is 4. The Morgan fingerprint density at radius 3 is 1.37 bits per heavy atom. The Morgan fingerprint density at radius 1 is 0.549 bits per heavy atom. The summed E-state index contributed by atoms with van der Waals surface area (Å²) in [6.45, 7) is 4.31. The van der Waals surface area contributed by atoms with E-state index in [9.17, 15) is 19.8 Å². The van der Waals surface area contributed by atoms with Crippen LogP contribution in [0.5, 0.6) is 0 Å². The maximum absolute atomic E-state index is 12.5. The van der Waals surface area contributed by atoms with Gasteiger partial charge in [0, 0.05) is 20.0 Å². The molecule has 0 bridgehead atoms. The molecule has 300 valence electrons. The van der Waals surface area contributed by atoms with E-state index in [0.717, 1.165) is 51.4 Å². The monoisotopic (exact) mass is 725 g/mol. The number of methoxy groups -OCH3 is 1. The van der Waals surface area contributed by atoms with Crippen molar-refractivity contribution in [2.75, 3.05) is 13.7 Å². The molecule has 1 aliphatic rings. The van der Waals surface area contributed by atoms with Crippen molar-refractivity contribution in [2.24, 2.45) is 0 Å². The third kappa shape index (κ3) is 26.0. The minimum atomic E-state index is -1.41. The molecule has 0 spiro atoms. The van der Waals surface area contributed by atoms with Gasteiger partial charge in [0.15, 0.2) is 12.4 Å². The van der Waals surface area contributed by atoms with Gasteiger partial charge in [-0.05, 0) is 38.5 Å². The Morgan fingerprint density at radius 2 is 0.941 bits per heavy atom. The second kappa shape index (κ2) is 34.3. The molecular weight excluding hydrogens is 644 g/mol. The lowest BCUT2D eigenvalue weighted by Crippen LogP contribution is -2.60. The molecule has 1 aliphatic heterocycles. The molecule has 1 rings (SSSR count). The number of aliphatic hydroxyl groups excluding tert-OH is 2. The Labute approximate surface area is 313 Å². The van der Waals surface area contributed by atoms with E-state index in [-0.39, 0.29) is 19.0 Å². The number of rotatable bonds is 35. The summed E-state index contributed by atoms with van der Waals surface area (Å²) in [4.78, 5) is 24.9. The highest BCUT2D eigenvalue weighted by atomic mass is 16.7. The summed E-state index contributed by atoms with van der Waals surface area (Å²) in [5.41, 5.74) is 0. The van der Waals surface area contributed by atoms with Crippen molar-refractivity contribution in [1.82, 2.24) is 0 Å². The van der Waals surface area contributed by atoms with Crippen LogP contribution in [0, 0.1) is 0 Å². The summed E-state index contributed by atoms with van der Waals surface area (Å²) >= 11 is 0. The first-order valence-corrected chi connectivity index (χ1v) is 21.5. The summed E-state index contributed by atoms with van der Waals surface area (Å²) in [6.07, 6.45) is 33.4. The maximum Gasteiger partial charge on any atom is 0.306 e. The van der Waals surface area contributed by atoms with Gasteiger partial charge in [-0.15, -0.1) is 0 Å². The smallest absolute Gasteiger partial charge is 0.306 e. The Kier molecular flexibility index (Phi) is 32.0. The number of carbonyl (C=O) groups excluding carboxylic acids is 2. The highest BCUT2D eigenvalue weighted by Crippen LogP contribution is 2.25. The van der Waals surface area contributed by atoms with Gasteiger partial charge in [-0.1, -0.05) is 167 Å². The van der Waals surface area contributed by atoms with Crippen molar-refractivity contribution in [1.29, 1.82) is 0 Å². The van der Waals surface area contributed by atoms with Crippen LogP contribution in [0.25, 0.3) is 0 Å². The Balaban J connectivity index is 2.10. The van der Waals surface area contributed by atoms with E-state index in [1.54, 1.807) is 0 Å². The van der Waals surface area contributed by atoms with E-state index >= 15 is 0 Å². The molecule has 8 heteroatoms. The molecule has 1 unspecified atom stereocenters. The van der Waals surface area contributed by atoms with Gasteiger partial charge < -0.3 is 29.2 Å². The number of hydrogen-bond donors (Lipinski definition) is 2. The number of carbonyl (C=O) groups is 2. The number of aliphatic hydroxyl groups is 2. The van der Waals surface area contributed by atoms with Gasteiger partial charge in [-0.2, -0.15) is 0 Å². The van der Waals surface area contributed by atoms with Crippen LogP contribution in [0.1, 0.15) is 206 Å². The van der Waals surface area contributed by atoms with Gasteiger partial charge >= 0.3 is 11.9 Å². The van der Waals surface area contributed by atoms with Gasteiger partial charge in [0.25, 0.3) is 0 Å². The van der Waals surface area contributed by atoms with Crippen LogP contribution in [0.4, 0.5) is 0 Å². The summed E-state index contributed by atoms with van der Waals surface area (Å²) in [5, 5.41) is 21.4. The fourth-order valence-electron chi connectivity index (χ4n) is 6.80. The highest BCUT2D eigenvalue weighted by molar-refractivity contribution is 5.69. The maximum atomic E-state index is 12.5. The van der Waals surface area contributed by atoms with E-state index in [0.29, 0.717) is 6.42 Å². The van der Waals surface area contributed by atoms with E-state index in [2.05, 4.69) is 26.0 Å². The number of allylic oxidation sites excluding steroid dienone is 2. The Hall–Kier alpha value is -1.48. The molecule has 8 nitrogen and oxygen atoms in total. The van der Waals surface area contributed by atoms with Gasteiger partial charge in [-0.25, -0.2) is 0 Å². The van der Waals surface area contributed by atoms with Crippen LogP contribution in [-0.2, 0) is 28.5 Å². The zero-order chi connectivity index (χ0) is 37.2. The van der Waals surface area contributed by atoms with E-state index in [1.807, 2.05) is 0 Å². The summed E-state index contributed by atoms with van der Waals surface area (Å²) in [7, 11) is 1.39. The third-order valence-corrected chi connectivity index (χ3v) is 10.2. The molecule has 0 amide bonds. The van der Waals surface area contributed by atoms with Crippen LogP contribution < -0.4 is 0 Å². The van der Waals surface area contributed by atoms with Crippen molar-refractivity contribution >= 4 is 11.9 Å². The molecule has 2 N–H and O–H groups in total. The molecule has 0 radical (unpaired) electrons. The number of esters is 2. The largest absolute Gasteiger partial charge is 0.463 e. The van der Waals surface area contributed by atoms with Crippen molar-refractivity contribution < 1.29 is 38.7 Å². The quantitative estimate of drug-likeness (QED) is 0.0377. The average molecular weight is 725 g/mol. The summed E-state index contributed by atoms with van der Waals surface area (Å²) in [5.74, 6) is -0.805. The minimum absolute atomic E-state index is 0.207. The van der Waals surface area contributed by atoms with Crippen molar-refractivity contribution in [3.05, 3.63) is 12.2 Å². The first-order chi connectivity index (χ1) is 24.9.